The summed E-state index contributed by atoms with van der Waals surface area (Å²) in [4.78, 5) is 43.7. The molecule has 1 fully saturated rings. The van der Waals surface area contributed by atoms with Crippen LogP contribution in [0.15, 0.2) is 72.4 Å². The first kappa shape index (κ1) is 23.5. The molecule has 2 amide bonds. The largest absolute Gasteiger partial charge is 0.507 e. The minimum absolute atomic E-state index is 0.120. The number of carbonyl (C=O) groups excluding carboxylic acids is 3. The number of nitrogens with one attached hydrogen (secondary N) is 1. The molecule has 0 spiro atoms. The fourth-order valence-corrected chi connectivity index (χ4v) is 3.99. The van der Waals surface area contributed by atoms with Crippen LogP contribution < -0.4 is 19.7 Å². The number of Topliss-reactive ketones (excluding diaryl/α,β-unsaturated/α-hetero) is 1. The number of hydrogen-bond donors (Lipinski definition) is 2. The van der Waals surface area contributed by atoms with E-state index in [1.807, 2.05) is 0 Å². The lowest BCUT2D eigenvalue weighted by Crippen LogP contribution is -2.30. The lowest BCUT2D eigenvalue weighted by Gasteiger charge is -2.25. The molecule has 0 aliphatic carbocycles. The van der Waals surface area contributed by atoms with Gasteiger partial charge in [-0.05, 0) is 48.5 Å². The number of aromatic nitrogens is 1. The van der Waals surface area contributed by atoms with E-state index in [0.29, 0.717) is 28.6 Å². The van der Waals surface area contributed by atoms with Gasteiger partial charge in [0.15, 0.2) is 11.5 Å². The van der Waals surface area contributed by atoms with E-state index in [2.05, 4.69) is 10.3 Å². The van der Waals surface area contributed by atoms with Crippen molar-refractivity contribution < 1.29 is 29.0 Å². The van der Waals surface area contributed by atoms with E-state index in [9.17, 15) is 19.5 Å². The maximum Gasteiger partial charge on any atom is 0.300 e. The Kier molecular flexibility index (Phi) is 6.50. The minimum Gasteiger partial charge on any atom is -0.507 e. The van der Waals surface area contributed by atoms with Crippen molar-refractivity contribution in [2.24, 2.45) is 0 Å². The number of aliphatic hydroxyl groups excluding tert-OH is 1. The molecule has 0 saturated carbocycles. The first-order chi connectivity index (χ1) is 16.8. The molecule has 3 aromatic rings. The summed E-state index contributed by atoms with van der Waals surface area (Å²) >= 11 is 0. The average molecular weight is 473 g/mol. The standard InChI is InChI=1S/C26H23N3O6/c1-15(30)28-17-7-6-8-18(14-17)29-23(19-9-4-5-12-27-19)22(25(32)26(29)33)24(31)16-10-11-20(34-2)21(13-16)35-3/h4-14,23,31H,1-3H3,(H,28,30)/b24-22+. The number of ketones is 1. The molecule has 9 nitrogen and oxygen atoms in total. The molecular formula is C26H23N3O6. The van der Waals surface area contributed by atoms with E-state index in [-0.39, 0.29) is 22.8 Å². The Morgan fingerprint density at radius 3 is 2.43 bits per heavy atom. The van der Waals surface area contributed by atoms with Gasteiger partial charge < -0.3 is 19.9 Å². The van der Waals surface area contributed by atoms with Crippen molar-refractivity contribution in [3.8, 4) is 11.5 Å². The summed E-state index contributed by atoms with van der Waals surface area (Å²) in [5.41, 5.74) is 1.36. The highest BCUT2D eigenvalue weighted by molar-refractivity contribution is 6.51. The summed E-state index contributed by atoms with van der Waals surface area (Å²) in [6.07, 6.45) is 1.54. The van der Waals surface area contributed by atoms with Gasteiger partial charge in [0.1, 0.15) is 11.8 Å². The number of pyridine rings is 1. The molecule has 1 saturated heterocycles. The third-order valence-electron chi connectivity index (χ3n) is 5.51. The maximum atomic E-state index is 13.3. The summed E-state index contributed by atoms with van der Waals surface area (Å²) in [6, 6.07) is 15.3. The number of aliphatic hydroxyl groups is 1. The van der Waals surface area contributed by atoms with Crippen LogP contribution in [-0.2, 0) is 14.4 Å². The molecule has 2 N–H and O–H groups in total. The Hall–Kier alpha value is -4.66. The van der Waals surface area contributed by atoms with Crippen LogP contribution in [0.2, 0.25) is 0 Å². The Balaban J connectivity index is 1.90. The molecule has 1 unspecified atom stereocenters. The molecule has 0 bridgehead atoms. The Bertz CT molecular complexity index is 1340. The van der Waals surface area contributed by atoms with Crippen LogP contribution in [0.25, 0.3) is 5.76 Å². The second-order valence-corrected chi connectivity index (χ2v) is 7.72. The first-order valence-corrected chi connectivity index (χ1v) is 10.7. The highest BCUT2D eigenvalue weighted by Gasteiger charge is 2.47. The van der Waals surface area contributed by atoms with Crippen molar-refractivity contribution >= 4 is 34.7 Å². The van der Waals surface area contributed by atoms with Gasteiger partial charge in [-0.2, -0.15) is 0 Å². The van der Waals surface area contributed by atoms with Crippen LogP contribution in [0.5, 0.6) is 11.5 Å². The van der Waals surface area contributed by atoms with Crippen molar-refractivity contribution in [2.75, 3.05) is 24.4 Å². The Labute approximate surface area is 201 Å². The third kappa shape index (κ3) is 4.43. The van der Waals surface area contributed by atoms with Crippen molar-refractivity contribution in [3.05, 3.63) is 83.7 Å². The van der Waals surface area contributed by atoms with Gasteiger partial charge in [0.2, 0.25) is 5.91 Å². The summed E-state index contributed by atoms with van der Waals surface area (Å²) in [5, 5.41) is 13.9. The van der Waals surface area contributed by atoms with Gasteiger partial charge >= 0.3 is 0 Å². The molecular weight excluding hydrogens is 450 g/mol. The molecule has 1 aromatic heterocycles. The maximum absolute atomic E-state index is 13.3. The molecule has 9 heteroatoms. The van der Waals surface area contributed by atoms with Crippen molar-refractivity contribution in [1.29, 1.82) is 0 Å². The van der Waals surface area contributed by atoms with Crippen LogP contribution in [0, 0.1) is 0 Å². The number of carbonyl (C=O) groups is 3. The quantitative estimate of drug-likeness (QED) is 0.318. The number of anilines is 2. The van der Waals surface area contributed by atoms with E-state index in [4.69, 9.17) is 9.47 Å². The van der Waals surface area contributed by atoms with Gasteiger partial charge in [-0.3, -0.25) is 24.3 Å². The van der Waals surface area contributed by atoms with Crippen LogP contribution in [0.4, 0.5) is 11.4 Å². The van der Waals surface area contributed by atoms with Crippen LogP contribution in [-0.4, -0.2) is 41.9 Å². The third-order valence-corrected chi connectivity index (χ3v) is 5.51. The van der Waals surface area contributed by atoms with E-state index in [1.54, 1.807) is 60.8 Å². The molecule has 35 heavy (non-hydrogen) atoms. The van der Waals surface area contributed by atoms with E-state index in [1.165, 1.54) is 32.1 Å². The number of benzene rings is 2. The molecule has 2 heterocycles. The average Bonchev–Trinajstić information content (AvgIpc) is 3.13. The summed E-state index contributed by atoms with van der Waals surface area (Å²) < 4.78 is 10.6. The summed E-state index contributed by atoms with van der Waals surface area (Å²) in [7, 11) is 2.94. The second kappa shape index (κ2) is 9.68. The predicted octanol–water partition coefficient (Wildman–Crippen LogP) is 3.68. The van der Waals surface area contributed by atoms with Crippen LogP contribution in [0.1, 0.15) is 24.2 Å². The predicted molar refractivity (Wildman–Crippen MR) is 129 cm³/mol. The highest BCUT2D eigenvalue weighted by Crippen LogP contribution is 2.42. The molecule has 4 rings (SSSR count). The van der Waals surface area contributed by atoms with Crippen LogP contribution >= 0.6 is 0 Å². The zero-order chi connectivity index (χ0) is 25.1. The van der Waals surface area contributed by atoms with E-state index >= 15 is 0 Å². The fourth-order valence-electron chi connectivity index (χ4n) is 3.99. The summed E-state index contributed by atoms with van der Waals surface area (Å²) in [5.74, 6) is -1.55. The van der Waals surface area contributed by atoms with Gasteiger partial charge in [0.05, 0.1) is 25.5 Å². The number of ether oxygens (including phenoxy) is 2. The minimum atomic E-state index is -1.00. The molecule has 2 aromatic carbocycles. The number of hydrogen-bond acceptors (Lipinski definition) is 7. The van der Waals surface area contributed by atoms with Crippen molar-refractivity contribution in [1.82, 2.24) is 4.98 Å². The molecule has 0 radical (unpaired) electrons. The zero-order valence-corrected chi connectivity index (χ0v) is 19.3. The lowest BCUT2D eigenvalue weighted by atomic mass is 9.98. The normalized spacial score (nSPS) is 16.8. The molecule has 1 atom stereocenters. The summed E-state index contributed by atoms with van der Waals surface area (Å²) in [6.45, 7) is 1.37. The molecule has 1 aliphatic rings. The van der Waals surface area contributed by atoms with E-state index < -0.39 is 17.7 Å². The van der Waals surface area contributed by atoms with Crippen molar-refractivity contribution in [3.63, 3.8) is 0 Å². The molecule has 178 valence electrons. The monoisotopic (exact) mass is 473 g/mol. The lowest BCUT2D eigenvalue weighted by molar-refractivity contribution is -0.132. The smallest absolute Gasteiger partial charge is 0.300 e. The Morgan fingerprint density at radius 1 is 1.00 bits per heavy atom. The first-order valence-electron chi connectivity index (χ1n) is 10.7. The second-order valence-electron chi connectivity index (χ2n) is 7.72. The van der Waals surface area contributed by atoms with Crippen molar-refractivity contribution in [2.45, 2.75) is 13.0 Å². The van der Waals surface area contributed by atoms with Gasteiger partial charge in [0.25, 0.3) is 11.7 Å². The highest BCUT2D eigenvalue weighted by atomic mass is 16.5. The van der Waals surface area contributed by atoms with Gasteiger partial charge in [-0.15, -0.1) is 0 Å². The number of methoxy groups -OCH3 is 2. The number of amides is 2. The number of rotatable bonds is 6. The topological polar surface area (TPSA) is 118 Å². The zero-order valence-electron chi connectivity index (χ0n) is 19.3. The SMILES string of the molecule is COc1ccc(/C(O)=C2\C(=O)C(=O)N(c3cccc(NC(C)=O)c3)C2c2ccccn2)cc1OC. The Morgan fingerprint density at radius 2 is 1.77 bits per heavy atom. The van der Waals surface area contributed by atoms with Gasteiger partial charge in [-0.25, -0.2) is 0 Å². The number of nitrogens with zero attached hydrogens (tertiary/aromatic N) is 2. The molecule has 1 aliphatic heterocycles. The van der Waals surface area contributed by atoms with Crippen LogP contribution in [0.3, 0.4) is 0 Å². The van der Waals surface area contributed by atoms with Gasteiger partial charge in [-0.1, -0.05) is 12.1 Å². The van der Waals surface area contributed by atoms with E-state index in [0.717, 1.165) is 0 Å². The van der Waals surface area contributed by atoms with Gasteiger partial charge in [0, 0.05) is 30.1 Å². The fraction of sp³-hybridized carbons (Fsp3) is 0.154.